The van der Waals surface area contributed by atoms with Gasteiger partial charge in [0, 0.05) is 6.54 Å². The van der Waals surface area contributed by atoms with Crippen molar-refractivity contribution in [1.29, 1.82) is 0 Å². The standard InChI is InChI=1S/C16H31NO11/c1-2-3-4-17-15(26)12(24)11(23)14(7(20)5-18)28-16-13(25)10(22)9(21)8(6-19)27-16/h7-14,16,18-25H,2-6H2,1H3,(H,17,26)/t7-,8?,9+,10+,11-,12-,13?,14-,16+/m1/s1. The van der Waals surface area contributed by atoms with Crippen LogP contribution in [-0.4, -0.2) is 122 Å². The van der Waals surface area contributed by atoms with Crippen LogP contribution >= 0.6 is 0 Å². The minimum atomic E-state index is -2.03. The number of amides is 1. The fourth-order valence-corrected chi connectivity index (χ4v) is 2.67. The summed E-state index contributed by atoms with van der Waals surface area (Å²) >= 11 is 0. The number of aliphatic hydroxyl groups excluding tert-OH is 8. The van der Waals surface area contributed by atoms with E-state index in [1.54, 1.807) is 0 Å². The number of nitrogens with one attached hydrogen (secondary N) is 1. The molecule has 2 unspecified atom stereocenters. The SMILES string of the molecule is CCCCNC(=O)[C@H](O)[C@@H](O)[C@H](O[C@@H]1OC(CO)[C@H](O)[C@H](O)C1O)[C@H](O)CO. The Morgan fingerprint density at radius 2 is 1.75 bits per heavy atom. The van der Waals surface area contributed by atoms with Gasteiger partial charge in [-0.2, -0.15) is 0 Å². The van der Waals surface area contributed by atoms with Crippen LogP contribution in [0.25, 0.3) is 0 Å². The molecule has 9 atom stereocenters. The van der Waals surface area contributed by atoms with Crippen LogP contribution in [0.2, 0.25) is 0 Å². The first-order chi connectivity index (χ1) is 13.2. The maximum Gasteiger partial charge on any atom is 0.251 e. The zero-order valence-electron chi connectivity index (χ0n) is 15.5. The number of hydrogen-bond acceptors (Lipinski definition) is 11. The van der Waals surface area contributed by atoms with Crippen molar-refractivity contribution in [2.45, 2.75) is 74.9 Å². The molecule has 28 heavy (non-hydrogen) atoms. The van der Waals surface area contributed by atoms with Gasteiger partial charge in [0.1, 0.15) is 42.7 Å². The Balaban J connectivity index is 2.88. The first-order valence-electron chi connectivity index (χ1n) is 9.08. The molecule has 0 aliphatic carbocycles. The van der Waals surface area contributed by atoms with E-state index in [4.69, 9.17) is 9.47 Å². The molecule has 0 aromatic heterocycles. The second kappa shape index (κ2) is 11.9. The van der Waals surface area contributed by atoms with E-state index in [9.17, 15) is 45.6 Å². The van der Waals surface area contributed by atoms with Crippen molar-refractivity contribution in [1.82, 2.24) is 5.32 Å². The minimum absolute atomic E-state index is 0.250. The van der Waals surface area contributed by atoms with Gasteiger partial charge >= 0.3 is 0 Å². The molecule has 1 heterocycles. The topological polar surface area (TPSA) is 209 Å². The highest BCUT2D eigenvalue weighted by Gasteiger charge is 2.47. The third-order valence-electron chi connectivity index (χ3n) is 4.46. The lowest BCUT2D eigenvalue weighted by Gasteiger charge is -2.42. The molecular formula is C16H31NO11. The zero-order valence-corrected chi connectivity index (χ0v) is 15.5. The number of carbonyl (C=O) groups excluding carboxylic acids is 1. The molecule has 0 saturated carbocycles. The van der Waals surface area contributed by atoms with Crippen molar-refractivity contribution in [3.63, 3.8) is 0 Å². The lowest BCUT2D eigenvalue weighted by atomic mass is 9.98. The van der Waals surface area contributed by atoms with Crippen molar-refractivity contribution in [2.75, 3.05) is 19.8 Å². The van der Waals surface area contributed by atoms with Gasteiger partial charge in [-0.15, -0.1) is 0 Å². The van der Waals surface area contributed by atoms with Gasteiger partial charge in [-0.1, -0.05) is 13.3 Å². The van der Waals surface area contributed by atoms with Gasteiger partial charge in [0.15, 0.2) is 12.4 Å². The van der Waals surface area contributed by atoms with Gasteiger partial charge < -0.3 is 55.6 Å². The van der Waals surface area contributed by atoms with E-state index in [1.807, 2.05) is 6.92 Å². The highest BCUT2D eigenvalue weighted by atomic mass is 16.7. The normalized spacial score (nSPS) is 32.4. The Morgan fingerprint density at radius 3 is 2.29 bits per heavy atom. The molecular weight excluding hydrogens is 382 g/mol. The Bertz CT molecular complexity index is 466. The highest BCUT2D eigenvalue weighted by Crippen LogP contribution is 2.25. The molecule has 166 valence electrons. The third kappa shape index (κ3) is 6.29. The summed E-state index contributed by atoms with van der Waals surface area (Å²) in [7, 11) is 0. The van der Waals surface area contributed by atoms with Gasteiger partial charge in [-0.25, -0.2) is 0 Å². The molecule has 0 aromatic rings. The van der Waals surface area contributed by atoms with Crippen LogP contribution in [-0.2, 0) is 14.3 Å². The molecule has 12 nitrogen and oxygen atoms in total. The summed E-state index contributed by atoms with van der Waals surface area (Å²) in [5, 5.41) is 80.5. The second-order valence-corrected chi connectivity index (χ2v) is 6.63. The summed E-state index contributed by atoms with van der Waals surface area (Å²) in [5.74, 6) is -0.937. The van der Waals surface area contributed by atoms with E-state index in [0.29, 0.717) is 6.42 Å². The molecule has 9 N–H and O–H groups in total. The first-order valence-corrected chi connectivity index (χ1v) is 9.08. The summed E-state index contributed by atoms with van der Waals surface area (Å²) in [6.45, 7) is 0.478. The molecule has 0 bridgehead atoms. The van der Waals surface area contributed by atoms with Crippen LogP contribution in [0.4, 0.5) is 0 Å². The van der Waals surface area contributed by atoms with Crippen molar-refractivity contribution >= 4 is 5.91 Å². The number of unbranched alkanes of at least 4 members (excludes halogenated alkanes) is 1. The van der Waals surface area contributed by atoms with Crippen molar-refractivity contribution in [3.05, 3.63) is 0 Å². The van der Waals surface area contributed by atoms with Crippen LogP contribution in [0.15, 0.2) is 0 Å². The second-order valence-electron chi connectivity index (χ2n) is 6.63. The van der Waals surface area contributed by atoms with Crippen molar-refractivity contribution < 1.29 is 55.1 Å². The molecule has 1 saturated heterocycles. The summed E-state index contributed by atoms with van der Waals surface area (Å²) in [5.41, 5.74) is 0. The van der Waals surface area contributed by atoms with Crippen LogP contribution < -0.4 is 5.32 Å². The smallest absolute Gasteiger partial charge is 0.251 e. The van der Waals surface area contributed by atoms with Crippen LogP contribution in [0.1, 0.15) is 19.8 Å². The Hall–Kier alpha value is -0.930. The number of carbonyl (C=O) groups is 1. The summed E-state index contributed by atoms with van der Waals surface area (Å²) in [6, 6.07) is 0. The predicted octanol–water partition coefficient (Wildman–Crippen LogP) is -4.84. The Labute approximate surface area is 161 Å². The van der Waals surface area contributed by atoms with Crippen molar-refractivity contribution in [3.8, 4) is 0 Å². The first kappa shape index (κ1) is 25.1. The minimum Gasteiger partial charge on any atom is -0.394 e. The van der Waals surface area contributed by atoms with Gasteiger partial charge in [0.05, 0.1) is 13.2 Å². The average Bonchev–Trinajstić information content (AvgIpc) is 2.70. The van der Waals surface area contributed by atoms with Gasteiger partial charge in [-0.3, -0.25) is 4.79 Å². The van der Waals surface area contributed by atoms with Gasteiger partial charge in [-0.05, 0) is 6.42 Å². The van der Waals surface area contributed by atoms with E-state index in [0.717, 1.165) is 6.42 Å². The van der Waals surface area contributed by atoms with Gasteiger partial charge in [0.25, 0.3) is 5.91 Å². The van der Waals surface area contributed by atoms with Crippen LogP contribution in [0, 0.1) is 0 Å². The van der Waals surface area contributed by atoms with Crippen molar-refractivity contribution in [2.24, 2.45) is 0 Å². The number of rotatable bonds is 11. The lowest BCUT2D eigenvalue weighted by Crippen LogP contribution is -2.62. The molecule has 12 heteroatoms. The quantitative estimate of drug-likeness (QED) is 0.147. The van der Waals surface area contributed by atoms with E-state index in [2.05, 4.69) is 5.32 Å². The Morgan fingerprint density at radius 1 is 1.11 bits per heavy atom. The maximum absolute atomic E-state index is 11.9. The monoisotopic (exact) mass is 413 g/mol. The average molecular weight is 413 g/mol. The van der Waals surface area contributed by atoms with Gasteiger partial charge in [0.2, 0.25) is 0 Å². The summed E-state index contributed by atoms with van der Waals surface area (Å²) in [4.78, 5) is 11.9. The molecule has 1 aliphatic rings. The molecule has 1 rings (SSSR count). The molecule has 1 fully saturated rings. The number of ether oxygens (including phenoxy) is 2. The number of hydrogen-bond donors (Lipinski definition) is 9. The molecule has 0 aromatic carbocycles. The predicted molar refractivity (Wildman–Crippen MR) is 91.7 cm³/mol. The van der Waals surface area contributed by atoms with E-state index in [1.165, 1.54) is 0 Å². The fraction of sp³-hybridized carbons (Fsp3) is 0.938. The third-order valence-corrected chi connectivity index (χ3v) is 4.46. The maximum atomic E-state index is 11.9. The van der Waals surface area contributed by atoms with E-state index >= 15 is 0 Å². The molecule has 1 aliphatic heterocycles. The van der Waals surface area contributed by atoms with Crippen LogP contribution in [0.3, 0.4) is 0 Å². The summed E-state index contributed by atoms with van der Waals surface area (Å²) < 4.78 is 10.3. The van der Waals surface area contributed by atoms with E-state index in [-0.39, 0.29) is 6.54 Å². The zero-order chi connectivity index (χ0) is 21.4. The highest BCUT2D eigenvalue weighted by molar-refractivity contribution is 5.81. The fourth-order valence-electron chi connectivity index (χ4n) is 2.67. The summed E-state index contributed by atoms with van der Waals surface area (Å²) in [6.07, 6.45) is -14.6. The lowest BCUT2D eigenvalue weighted by molar-refractivity contribution is -0.326. The number of aliphatic hydroxyl groups is 8. The van der Waals surface area contributed by atoms with Crippen LogP contribution in [0.5, 0.6) is 0 Å². The molecule has 1 amide bonds. The Kier molecular flexibility index (Phi) is 10.7. The molecule has 0 spiro atoms. The molecule has 0 radical (unpaired) electrons. The largest absolute Gasteiger partial charge is 0.394 e. The van der Waals surface area contributed by atoms with E-state index < -0.39 is 74.2 Å².